The summed E-state index contributed by atoms with van der Waals surface area (Å²) >= 11 is 0. The second-order valence-electron chi connectivity index (χ2n) is 3.41. The van der Waals surface area contributed by atoms with Crippen LogP contribution in [0.1, 0.15) is 26.7 Å². The summed E-state index contributed by atoms with van der Waals surface area (Å²) in [5, 5.41) is 11.0. The molecule has 0 aromatic heterocycles. The molecule has 13 heavy (non-hydrogen) atoms. The van der Waals surface area contributed by atoms with E-state index in [0.717, 1.165) is 6.29 Å². The van der Waals surface area contributed by atoms with Gasteiger partial charge in [-0.05, 0) is 12.3 Å². The Bertz CT molecular complexity index is 168. The number of aliphatic hydroxyl groups is 1. The first-order valence-electron chi connectivity index (χ1n) is 4.45. The largest absolute Gasteiger partial charge is 0.396 e. The third-order valence-corrected chi connectivity index (χ3v) is 1.57. The normalized spacial score (nSPS) is 12.6. The molecule has 0 aromatic rings. The third kappa shape index (κ3) is 6.28. The summed E-state index contributed by atoms with van der Waals surface area (Å²) < 4.78 is 0. The van der Waals surface area contributed by atoms with Crippen LogP contribution < -0.4 is 5.32 Å². The van der Waals surface area contributed by atoms with Crippen LogP contribution in [0.4, 0.5) is 0 Å². The fourth-order valence-electron chi connectivity index (χ4n) is 1.04. The summed E-state index contributed by atoms with van der Waals surface area (Å²) in [7, 11) is 0. The average molecular weight is 187 g/mol. The molecular formula is C9H17NO3. The predicted octanol–water partition coefficient (Wildman–Crippen LogP) is 0.0986. The highest BCUT2D eigenvalue weighted by molar-refractivity contribution is 5.79. The van der Waals surface area contributed by atoms with Gasteiger partial charge in [-0.3, -0.25) is 4.79 Å². The van der Waals surface area contributed by atoms with E-state index in [1.54, 1.807) is 0 Å². The van der Waals surface area contributed by atoms with Gasteiger partial charge in [0.1, 0.15) is 6.29 Å². The Hall–Kier alpha value is -0.900. The minimum absolute atomic E-state index is 0.0580. The molecule has 1 amide bonds. The summed E-state index contributed by atoms with van der Waals surface area (Å²) in [5.74, 6) is 0.0878. The Balaban J connectivity index is 3.83. The van der Waals surface area contributed by atoms with Gasteiger partial charge >= 0.3 is 0 Å². The Labute approximate surface area is 78.3 Å². The summed E-state index contributed by atoms with van der Waals surface area (Å²) in [6, 6.07) is -0.418. The highest BCUT2D eigenvalue weighted by atomic mass is 16.3. The number of carbonyl (C=O) groups is 2. The van der Waals surface area contributed by atoms with Crippen molar-refractivity contribution in [2.24, 2.45) is 5.92 Å². The molecule has 0 aliphatic carbocycles. The van der Waals surface area contributed by atoms with Gasteiger partial charge in [-0.1, -0.05) is 13.8 Å². The monoisotopic (exact) mass is 187 g/mol. The maximum absolute atomic E-state index is 11.0. The second kappa shape index (κ2) is 6.60. The van der Waals surface area contributed by atoms with Crippen molar-refractivity contribution < 1.29 is 14.7 Å². The average Bonchev–Trinajstić information content (AvgIpc) is 2.02. The van der Waals surface area contributed by atoms with Crippen molar-refractivity contribution in [1.29, 1.82) is 0 Å². The maximum Gasteiger partial charge on any atom is 0.222 e. The lowest BCUT2D eigenvalue weighted by Gasteiger charge is -2.14. The molecule has 76 valence electrons. The second-order valence-corrected chi connectivity index (χ2v) is 3.41. The molecule has 0 aromatic carbocycles. The minimum Gasteiger partial charge on any atom is -0.396 e. The molecule has 0 spiro atoms. The quantitative estimate of drug-likeness (QED) is 0.579. The van der Waals surface area contributed by atoms with Crippen molar-refractivity contribution in [3.63, 3.8) is 0 Å². The Morgan fingerprint density at radius 2 is 2.15 bits per heavy atom. The maximum atomic E-state index is 11.0. The SMILES string of the molecule is CC(C)CC(C=O)NC(=O)CCO. The van der Waals surface area contributed by atoms with Crippen molar-refractivity contribution in [2.45, 2.75) is 32.7 Å². The third-order valence-electron chi connectivity index (χ3n) is 1.57. The molecular weight excluding hydrogens is 170 g/mol. The van der Waals surface area contributed by atoms with Crippen molar-refractivity contribution in [3.8, 4) is 0 Å². The molecule has 0 saturated carbocycles. The summed E-state index contributed by atoms with van der Waals surface area (Å²) in [6.07, 6.45) is 1.43. The van der Waals surface area contributed by atoms with Crippen LogP contribution in [-0.2, 0) is 9.59 Å². The van der Waals surface area contributed by atoms with Crippen LogP contribution in [0.3, 0.4) is 0 Å². The molecule has 0 aliphatic heterocycles. The predicted molar refractivity (Wildman–Crippen MR) is 49.2 cm³/mol. The van der Waals surface area contributed by atoms with Crippen LogP contribution in [-0.4, -0.2) is 29.9 Å². The zero-order valence-corrected chi connectivity index (χ0v) is 8.12. The Kier molecular flexibility index (Phi) is 6.14. The van der Waals surface area contributed by atoms with Gasteiger partial charge in [0.25, 0.3) is 0 Å². The van der Waals surface area contributed by atoms with Crippen molar-refractivity contribution >= 4 is 12.2 Å². The van der Waals surface area contributed by atoms with Crippen LogP contribution in [0, 0.1) is 5.92 Å². The van der Waals surface area contributed by atoms with Crippen molar-refractivity contribution in [2.75, 3.05) is 6.61 Å². The first kappa shape index (κ1) is 12.1. The minimum atomic E-state index is -0.418. The van der Waals surface area contributed by atoms with Crippen molar-refractivity contribution in [3.05, 3.63) is 0 Å². The lowest BCUT2D eigenvalue weighted by atomic mass is 10.0. The number of aliphatic hydroxyl groups excluding tert-OH is 1. The van der Waals surface area contributed by atoms with Gasteiger partial charge in [-0.25, -0.2) is 0 Å². The van der Waals surface area contributed by atoms with Gasteiger partial charge in [0.2, 0.25) is 5.91 Å². The molecule has 1 unspecified atom stereocenters. The lowest BCUT2D eigenvalue weighted by Crippen LogP contribution is -2.37. The number of nitrogens with one attached hydrogen (secondary N) is 1. The molecule has 4 heteroatoms. The van der Waals surface area contributed by atoms with Gasteiger partial charge < -0.3 is 15.2 Å². The Morgan fingerprint density at radius 3 is 2.54 bits per heavy atom. The Morgan fingerprint density at radius 1 is 1.54 bits per heavy atom. The molecule has 0 heterocycles. The highest BCUT2D eigenvalue weighted by Gasteiger charge is 2.11. The van der Waals surface area contributed by atoms with E-state index in [1.165, 1.54) is 0 Å². The van der Waals surface area contributed by atoms with E-state index in [4.69, 9.17) is 5.11 Å². The fraction of sp³-hybridized carbons (Fsp3) is 0.778. The first-order valence-corrected chi connectivity index (χ1v) is 4.45. The smallest absolute Gasteiger partial charge is 0.222 e. The first-order chi connectivity index (χ1) is 6.10. The van der Waals surface area contributed by atoms with E-state index in [2.05, 4.69) is 5.32 Å². The number of amides is 1. The zero-order chi connectivity index (χ0) is 10.3. The molecule has 0 fully saturated rings. The number of carbonyl (C=O) groups excluding carboxylic acids is 2. The number of rotatable bonds is 6. The molecule has 0 saturated heterocycles. The number of hydrogen-bond donors (Lipinski definition) is 2. The summed E-state index contributed by atoms with van der Waals surface area (Å²) in [5.41, 5.74) is 0. The van der Waals surface area contributed by atoms with E-state index >= 15 is 0 Å². The van der Waals surface area contributed by atoms with Gasteiger partial charge in [0.05, 0.1) is 12.6 Å². The molecule has 2 N–H and O–H groups in total. The van der Waals surface area contributed by atoms with Crippen LogP contribution >= 0.6 is 0 Å². The van der Waals surface area contributed by atoms with E-state index in [1.807, 2.05) is 13.8 Å². The van der Waals surface area contributed by atoms with Gasteiger partial charge in [-0.15, -0.1) is 0 Å². The topological polar surface area (TPSA) is 66.4 Å². The van der Waals surface area contributed by atoms with Crippen molar-refractivity contribution in [1.82, 2.24) is 5.32 Å². The summed E-state index contributed by atoms with van der Waals surface area (Å²) in [4.78, 5) is 21.5. The molecule has 0 radical (unpaired) electrons. The summed E-state index contributed by atoms with van der Waals surface area (Å²) in [6.45, 7) is 3.78. The number of hydrogen-bond acceptors (Lipinski definition) is 3. The highest BCUT2D eigenvalue weighted by Crippen LogP contribution is 2.02. The van der Waals surface area contributed by atoms with E-state index in [-0.39, 0.29) is 18.9 Å². The van der Waals surface area contributed by atoms with Crippen LogP contribution in [0.2, 0.25) is 0 Å². The molecule has 4 nitrogen and oxygen atoms in total. The number of aldehydes is 1. The van der Waals surface area contributed by atoms with Gasteiger partial charge in [0, 0.05) is 6.42 Å². The molecule has 0 bridgehead atoms. The lowest BCUT2D eigenvalue weighted by molar-refractivity contribution is -0.124. The van der Waals surface area contributed by atoms with Crippen LogP contribution in [0.15, 0.2) is 0 Å². The van der Waals surface area contributed by atoms with Crippen LogP contribution in [0.25, 0.3) is 0 Å². The van der Waals surface area contributed by atoms with Gasteiger partial charge in [-0.2, -0.15) is 0 Å². The molecule has 0 aliphatic rings. The van der Waals surface area contributed by atoms with E-state index in [9.17, 15) is 9.59 Å². The standard InChI is InChI=1S/C9H17NO3/c1-7(2)5-8(6-12)10-9(13)3-4-11/h6-8,11H,3-5H2,1-2H3,(H,10,13). The van der Waals surface area contributed by atoms with Crippen LogP contribution in [0.5, 0.6) is 0 Å². The van der Waals surface area contributed by atoms with E-state index < -0.39 is 6.04 Å². The molecule has 1 atom stereocenters. The molecule has 0 rings (SSSR count). The van der Waals surface area contributed by atoms with Gasteiger partial charge in [0.15, 0.2) is 0 Å². The van der Waals surface area contributed by atoms with E-state index in [0.29, 0.717) is 12.3 Å². The zero-order valence-electron chi connectivity index (χ0n) is 8.12. The fourth-order valence-corrected chi connectivity index (χ4v) is 1.04.